The van der Waals surface area contributed by atoms with Gasteiger partial charge < -0.3 is 9.47 Å². The third-order valence-corrected chi connectivity index (χ3v) is 6.13. The highest BCUT2D eigenvalue weighted by molar-refractivity contribution is 5.73. The van der Waals surface area contributed by atoms with Crippen molar-refractivity contribution in [1.82, 2.24) is 10.4 Å². The lowest BCUT2D eigenvalue weighted by Gasteiger charge is -2.33. The van der Waals surface area contributed by atoms with E-state index in [-0.39, 0.29) is 0 Å². The van der Waals surface area contributed by atoms with Crippen molar-refractivity contribution in [2.75, 3.05) is 6.61 Å². The minimum absolute atomic E-state index is 0.539. The van der Waals surface area contributed by atoms with Crippen LogP contribution >= 0.6 is 0 Å². The highest BCUT2D eigenvalue weighted by atomic mass is 16.5. The quantitative estimate of drug-likeness (QED) is 0.274. The molecule has 0 fully saturated rings. The Bertz CT molecular complexity index is 1100. The summed E-state index contributed by atoms with van der Waals surface area (Å²) in [6.07, 6.45) is 14.8. The fourth-order valence-electron chi connectivity index (χ4n) is 4.20. The highest BCUT2D eigenvalue weighted by Gasteiger charge is 2.34. The minimum atomic E-state index is -0.843. The van der Waals surface area contributed by atoms with Gasteiger partial charge in [-0.3, -0.25) is 10.4 Å². The first-order valence-electron chi connectivity index (χ1n) is 12.7. The number of allylic oxidation sites excluding steroid dienone is 1. The number of hydrogen-bond donors (Lipinski definition) is 1. The van der Waals surface area contributed by atoms with E-state index in [1.54, 1.807) is 6.21 Å². The first-order chi connectivity index (χ1) is 17.3. The average molecular weight is 470 g/mol. The predicted octanol–water partition coefficient (Wildman–Crippen LogP) is 7.00. The Balaban J connectivity index is 1.47. The van der Waals surface area contributed by atoms with Crippen molar-refractivity contribution in [3.05, 3.63) is 96.2 Å². The Hall–Kier alpha value is -3.44. The third-order valence-electron chi connectivity index (χ3n) is 6.13. The van der Waals surface area contributed by atoms with Crippen LogP contribution in [0.25, 0.3) is 11.3 Å². The molecule has 5 heteroatoms. The van der Waals surface area contributed by atoms with Crippen LogP contribution in [0, 0.1) is 0 Å². The predicted molar refractivity (Wildman–Crippen MR) is 142 cm³/mol. The van der Waals surface area contributed by atoms with Crippen molar-refractivity contribution >= 4 is 6.21 Å². The number of pyridine rings is 1. The Labute approximate surface area is 208 Å². The van der Waals surface area contributed by atoms with Gasteiger partial charge >= 0.3 is 0 Å². The lowest BCUT2D eigenvalue weighted by Crippen LogP contribution is -2.42. The van der Waals surface area contributed by atoms with Gasteiger partial charge in [-0.2, -0.15) is 5.10 Å². The molecule has 5 nitrogen and oxygen atoms in total. The lowest BCUT2D eigenvalue weighted by atomic mass is 9.96. The zero-order valence-electron chi connectivity index (χ0n) is 20.5. The fourth-order valence-corrected chi connectivity index (χ4v) is 4.20. The van der Waals surface area contributed by atoms with Gasteiger partial charge in [0.15, 0.2) is 0 Å². The number of nitrogens with one attached hydrogen (secondary N) is 1. The molecule has 1 aliphatic rings. The van der Waals surface area contributed by atoms with E-state index in [9.17, 15) is 0 Å². The fraction of sp³-hybridized carbons (Fsp3) is 0.333. The van der Waals surface area contributed by atoms with Gasteiger partial charge in [0.25, 0.3) is 0 Å². The zero-order chi connectivity index (χ0) is 24.2. The van der Waals surface area contributed by atoms with E-state index in [0.29, 0.717) is 13.2 Å². The molecule has 0 radical (unpaired) electrons. The number of ether oxygens (including phenoxy) is 2. The molecule has 0 bridgehead atoms. The molecule has 0 saturated heterocycles. The molecule has 2 heterocycles. The van der Waals surface area contributed by atoms with Crippen molar-refractivity contribution in [3.63, 3.8) is 0 Å². The summed E-state index contributed by atoms with van der Waals surface area (Å²) in [4.78, 5) is 4.72. The molecule has 1 aliphatic heterocycles. The summed E-state index contributed by atoms with van der Waals surface area (Å²) in [6.45, 7) is 3.43. The standard InChI is InChI=1S/C30H35N3O2/c1-2-3-4-5-6-10-23-35-30(20-12-22-32-33-30)28-15-11-21-31-29(28)26-16-18-27(19-17-26)34-24-25-13-8-7-9-14-25/h7-9,11-22,33H,2-6,10,23-24H2,1H3. The van der Waals surface area contributed by atoms with Gasteiger partial charge in [0.1, 0.15) is 12.4 Å². The molecule has 1 unspecified atom stereocenters. The number of rotatable bonds is 13. The number of hydrogen-bond acceptors (Lipinski definition) is 5. The maximum Gasteiger partial charge on any atom is 0.201 e. The second kappa shape index (κ2) is 12.9. The van der Waals surface area contributed by atoms with Crippen LogP contribution < -0.4 is 10.2 Å². The summed E-state index contributed by atoms with van der Waals surface area (Å²) < 4.78 is 12.4. The van der Waals surface area contributed by atoms with E-state index in [1.807, 2.05) is 66.9 Å². The van der Waals surface area contributed by atoms with Crippen molar-refractivity contribution in [3.8, 4) is 17.0 Å². The second-order valence-electron chi connectivity index (χ2n) is 8.80. The van der Waals surface area contributed by atoms with Crippen molar-refractivity contribution in [1.29, 1.82) is 0 Å². The maximum absolute atomic E-state index is 6.46. The summed E-state index contributed by atoms with van der Waals surface area (Å²) in [6, 6.07) is 22.2. The van der Waals surface area contributed by atoms with Crippen molar-refractivity contribution in [2.24, 2.45) is 5.10 Å². The smallest absolute Gasteiger partial charge is 0.201 e. The Morgan fingerprint density at radius 2 is 1.66 bits per heavy atom. The topological polar surface area (TPSA) is 55.7 Å². The normalized spacial score (nSPS) is 16.7. The van der Waals surface area contributed by atoms with Crippen molar-refractivity contribution in [2.45, 2.75) is 57.8 Å². The van der Waals surface area contributed by atoms with Gasteiger partial charge in [-0.25, -0.2) is 0 Å². The van der Waals surface area contributed by atoms with E-state index < -0.39 is 5.72 Å². The van der Waals surface area contributed by atoms with Gasteiger partial charge in [-0.05, 0) is 54.5 Å². The molecular formula is C30H35N3O2. The lowest BCUT2D eigenvalue weighted by molar-refractivity contribution is -0.0403. The van der Waals surface area contributed by atoms with Crippen LogP contribution in [0.15, 0.2) is 90.2 Å². The molecule has 1 atom stereocenters. The highest BCUT2D eigenvalue weighted by Crippen LogP contribution is 2.34. The van der Waals surface area contributed by atoms with Crippen LogP contribution in [-0.4, -0.2) is 17.8 Å². The van der Waals surface area contributed by atoms with Gasteiger partial charge in [0.2, 0.25) is 5.72 Å². The molecule has 182 valence electrons. The SMILES string of the molecule is CCCCCCCCOC1(c2cccnc2-c2ccc(OCc3ccccc3)cc2)C=CC=NN1. The van der Waals surface area contributed by atoms with E-state index in [0.717, 1.165) is 34.6 Å². The molecule has 1 aromatic heterocycles. The van der Waals surface area contributed by atoms with E-state index in [2.05, 4.69) is 35.7 Å². The Morgan fingerprint density at radius 3 is 2.43 bits per heavy atom. The Morgan fingerprint density at radius 1 is 0.857 bits per heavy atom. The van der Waals surface area contributed by atoms with E-state index in [1.165, 1.54) is 32.1 Å². The molecular weight excluding hydrogens is 434 g/mol. The molecule has 1 N–H and O–H groups in total. The summed E-state index contributed by atoms with van der Waals surface area (Å²) in [7, 11) is 0. The van der Waals surface area contributed by atoms with Crippen LogP contribution in [0.1, 0.15) is 56.6 Å². The van der Waals surface area contributed by atoms with Gasteiger partial charge in [0.05, 0.1) is 12.3 Å². The van der Waals surface area contributed by atoms with Gasteiger partial charge in [-0.1, -0.05) is 75.4 Å². The summed E-state index contributed by atoms with van der Waals surface area (Å²) >= 11 is 0. The van der Waals surface area contributed by atoms with Crippen LogP contribution in [0.4, 0.5) is 0 Å². The molecule has 2 aromatic carbocycles. The molecule has 3 aromatic rings. The number of hydrazone groups is 1. The molecule has 35 heavy (non-hydrogen) atoms. The van der Waals surface area contributed by atoms with Crippen LogP contribution in [0.5, 0.6) is 5.75 Å². The number of benzene rings is 2. The number of aromatic nitrogens is 1. The number of nitrogens with zero attached hydrogens (tertiary/aromatic N) is 2. The Kier molecular flexibility index (Phi) is 9.07. The van der Waals surface area contributed by atoms with Crippen LogP contribution in [0.2, 0.25) is 0 Å². The average Bonchev–Trinajstić information content (AvgIpc) is 2.93. The molecule has 0 spiro atoms. The molecule has 0 aliphatic carbocycles. The molecule has 4 rings (SSSR count). The molecule has 0 amide bonds. The minimum Gasteiger partial charge on any atom is -0.489 e. The monoisotopic (exact) mass is 469 g/mol. The summed E-state index contributed by atoms with van der Waals surface area (Å²) in [5.74, 6) is 0.824. The van der Waals surface area contributed by atoms with Crippen LogP contribution in [-0.2, 0) is 17.1 Å². The number of unbranched alkanes of at least 4 members (excludes halogenated alkanes) is 5. The second-order valence-corrected chi connectivity index (χ2v) is 8.80. The van der Waals surface area contributed by atoms with Crippen molar-refractivity contribution < 1.29 is 9.47 Å². The zero-order valence-corrected chi connectivity index (χ0v) is 20.5. The molecule has 0 saturated carbocycles. The van der Waals surface area contributed by atoms with Gasteiger partial charge in [0, 0.05) is 23.5 Å². The van der Waals surface area contributed by atoms with E-state index >= 15 is 0 Å². The first kappa shape index (κ1) is 24.7. The third kappa shape index (κ3) is 6.80. The van der Waals surface area contributed by atoms with E-state index in [4.69, 9.17) is 14.5 Å². The van der Waals surface area contributed by atoms with Crippen LogP contribution in [0.3, 0.4) is 0 Å². The summed E-state index contributed by atoms with van der Waals surface area (Å²) in [5, 5.41) is 4.31. The largest absolute Gasteiger partial charge is 0.489 e. The summed E-state index contributed by atoms with van der Waals surface area (Å²) in [5.41, 5.74) is 6.32. The first-order valence-corrected chi connectivity index (χ1v) is 12.7. The maximum atomic E-state index is 6.46. The van der Waals surface area contributed by atoms with Gasteiger partial charge in [-0.15, -0.1) is 0 Å².